The molecule has 0 aliphatic carbocycles. The van der Waals surface area contributed by atoms with Gasteiger partial charge in [-0.05, 0) is 55.4 Å². The number of nitrogen functional groups attached to an aromatic ring is 1. The van der Waals surface area contributed by atoms with Crippen molar-refractivity contribution in [1.82, 2.24) is 10.2 Å². The molecule has 0 saturated carbocycles. The Kier molecular flexibility index (Phi) is 10.9. The molecule has 0 bridgehead atoms. The van der Waals surface area contributed by atoms with Gasteiger partial charge in [-0.3, -0.25) is 14.4 Å². The summed E-state index contributed by atoms with van der Waals surface area (Å²) in [6, 6.07) is 17.5. The van der Waals surface area contributed by atoms with E-state index >= 15 is 0 Å². The van der Waals surface area contributed by atoms with E-state index in [2.05, 4.69) is 17.4 Å². The first-order chi connectivity index (χ1) is 15.9. The number of benzene rings is 2. The van der Waals surface area contributed by atoms with Crippen LogP contribution in [0.1, 0.15) is 43.2 Å². The summed E-state index contributed by atoms with van der Waals surface area (Å²) < 4.78 is 0. The lowest BCUT2D eigenvalue weighted by atomic mass is 10.0. The number of aliphatic carboxylic acids is 1. The molecule has 7 nitrogen and oxygen atoms in total. The van der Waals surface area contributed by atoms with E-state index in [1.165, 1.54) is 5.56 Å². The molecule has 2 amide bonds. The van der Waals surface area contributed by atoms with Crippen LogP contribution < -0.4 is 11.1 Å². The van der Waals surface area contributed by atoms with Gasteiger partial charge in [-0.1, -0.05) is 42.5 Å². The van der Waals surface area contributed by atoms with Crippen molar-refractivity contribution in [3.63, 3.8) is 0 Å². The summed E-state index contributed by atoms with van der Waals surface area (Å²) in [5.74, 6) is -1.66. The van der Waals surface area contributed by atoms with Crippen LogP contribution in [-0.4, -0.2) is 46.9 Å². The largest absolute Gasteiger partial charge is 0.481 e. The zero-order valence-corrected chi connectivity index (χ0v) is 20.1. The number of rotatable bonds is 12. The molecule has 1 aliphatic rings. The summed E-state index contributed by atoms with van der Waals surface area (Å²) in [6.07, 6.45) is 3.85. The highest BCUT2D eigenvalue weighted by Gasteiger charge is 2.39. The second-order valence-corrected chi connectivity index (χ2v) is 8.70. The van der Waals surface area contributed by atoms with Crippen LogP contribution in [0.3, 0.4) is 0 Å². The summed E-state index contributed by atoms with van der Waals surface area (Å²) >= 11 is 0. The summed E-state index contributed by atoms with van der Waals surface area (Å²) in [4.78, 5) is 38.1. The highest BCUT2D eigenvalue weighted by molar-refractivity contribution is 5.86. The van der Waals surface area contributed by atoms with Gasteiger partial charge in [0, 0.05) is 31.2 Å². The van der Waals surface area contributed by atoms with Crippen LogP contribution in [0, 0.1) is 5.92 Å². The topological polar surface area (TPSA) is 113 Å². The Hall–Kier alpha value is -3.06. The van der Waals surface area contributed by atoms with Gasteiger partial charge in [0.25, 0.3) is 0 Å². The van der Waals surface area contributed by atoms with E-state index in [1.807, 2.05) is 42.5 Å². The summed E-state index contributed by atoms with van der Waals surface area (Å²) in [7, 11) is 0. The number of nitrogens with zero attached hydrogens (tertiary/aromatic N) is 1. The lowest BCUT2D eigenvalue weighted by Gasteiger charge is -2.25. The zero-order valence-electron chi connectivity index (χ0n) is 19.3. The van der Waals surface area contributed by atoms with Crippen LogP contribution in [0.4, 0.5) is 5.69 Å². The van der Waals surface area contributed by atoms with Gasteiger partial charge in [0.2, 0.25) is 11.8 Å². The van der Waals surface area contributed by atoms with Crippen LogP contribution in [0.5, 0.6) is 0 Å². The molecule has 1 aliphatic heterocycles. The first kappa shape index (κ1) is 27.2. The maximum absolute atomic E-state index is 12.8. The van der Waals surface area contributed by atoms with Crippen LogP contribution >= 0.6 is 12.4 Å². The number of amides is 2. The van der Waals surface area contributed by atoms with Crippen molar-refractivity contribution in [1.29, 1.82) is 0 Å². The number of carbonyl (C=O) groups is 3. The molecular formula is C26H34ClN3O4. The summed E-state index contributed by atoms with van der Waals surface area (Å²) in [5, 5.41) is 12.1. The zero-order chi connectivity index (χ0) is 23.6. The van der Waals surface area contributed by atoms with E-state index in [4.69, 9.17) is 10.8 Å². The molecule has 0 radical (unpaired) electrons. The number of nitrogens with one attached hydrogen (secondary N) is 1. The predicted molar refractivity (Wildman–Crippen MR) is 135 cm³/mol. The van der Waals surface area contributed by atoms with Crippen molar-refractivity contribution in [2.75, 3.05) is 18.8 Å². The van der Waals surface area contributed by atoms with Crippen molar-refractivity contribution in [2.24, 2.45) is 5.92 Å². The first-order valence-electron chi connectivity index (χ1n) is 11.6. The first-order valence-corrected chi connectivity index (χ1v) is 11.6. The van der Waals surface area contributed by atoms with Crippen LogP contribution in [-0.2, 0) is 27.2 Å². The Morgan fingerprint density at radius 3 is 2.32 bits per heavy atom. The monoisotopic (exact) mass is 487 g/mol. The molecule has 34 heavy (non-hydrogen) atoms. The van der Waals surface area contributed by atoms with Gasteiger partial charge in [-0.25, -0.2) is 0 Å². The van der Waals surface area contributed by atoms with Gasteiger partial charge in [-0.15, -0.1) is 12.4 Å². The Morgan fingerprint density at radius 2 is 1.65 bits per heavy atom. The molecule has 2 aromatic carbocycles. The fraction of sp³-hybridized carbons (Fsp3) is 0.423. The van der Waals surface area contributed by atoms with Crippen molar-refractivity contribution in [2.45, 2.75) is 51.0 Å². The smallest absolute Gasteiger partial charge is 0.304 e. The number of aryl methyl sites for hydroxylation is 2. The fourth-order valence-corrected chi connectivity index (χ4v) is 4.39. The number of carbonyl (C=O) groups excluding carboxylic acids is 2. The minimum absolute atomic E-state index is 0. The highest BCUT2D eigenvalue weighted by Crippen LogP contribution is 2.27. The number of carboxylic acids is 1. The fourth-order valence-electron chi connectivity index (χ4n) is 4.39. The third kappa shape index (κ3) is 8.37. The van der Waals surface area contributed by atoms with E-state index in [0.29, 0.717) is 25.9 Å². The SMILES string of the molecule is Cl.Nc1ccc(CCCC(=O)NC[C@@H]2C[C@@H](CC(=O)O)C(=O)N2CCCc2ccccc2)cc1. The predicted octanol–water partition coefficient (Wildman–Crippen LogP) is 3.45. The van der Waals surface area contributed by atoms with Gasteiger partial charge >= 0.3 is 5.97 Å². The molecule has 2 atom stereocenters. The quantitative estimate of drug-likeness (QED) is 0.397. The van der Waals surface area contributed by atoms with Crippen molar-refractivity contribution >= 4 is 35.9 Å². The molecule has 3 rings (SSSR count). The minimum Gasteiger partial charge on any atom is -0.481 e. The van der Waals surface area contributed by atoms with Gasteiger partial charge in [-0.2, -0.15) is 0 Å². The molecule has 1 saturated heterocycles. The summed E-state index contributed by atoms with van der Waals surface area (Å²) in [5.41, 5.74) is 8.76. The molecule has 4 N–H and O–H groups in total. The number of likely N-dealkylation sites (tertiary alicyclic amines) is 1. The van der Waals surface area contributed by atoms with Crippen molar-refractivity contribution in [3.05, 3.63) is 65.7 Å². The lowest BCUT2D eigenvalue weighted by molar-refractivity contribution is -0.142. The Balaban J connectivity index is 0.00000408. The number of nitrogens with two attached hydrogens (primary N) is 1. The molecule has 8 heteroatoms. The Morgan fingerprint density at radius 1 is 1.00 bits per heavy atom. The minimum atomic E-state index is -0.968. The maximum atomic E-state index is 12.8. The van der Waals surface area contributed by atoms with Gasteiger partial charge < -0.3 is 21.1 Å². The van der Waals surface area contributed by atoms with Crippen LogP contribution in [0.25, 0.3) is 0 Å². The van der Waals surface area contributed by atoms with E-state index in [-0.39, 0.29) is 36.7 Å². The van der Waals surface area contributed by atoms with Crippen molar-refractivity contribution in [3.8, 4) is 0 Å². The molecule has 184 valence electrons. The number of hydrogen-bond donors (Lipinski definition) is 3. The second kappa shape index (κ2) is 13.6. The average molecular weight is 488 g/mol. The Labute approximate surface area is 207 Å². The second-order valence-electron chi connectivity index (χ2n) is 8.70. The number of hydrogen-bond acceptors (Lipinski definition) is 4. The van der Waals surface area contributed by atoms with E-state index in [0.717, 1.165) is 36.9 Å². The third-order valence-electron chi connectivity index (χ3n) is 6.14. The van der Waals surface area contributed by atoms with Crippen molar-refractivity contribution < 1.29 is 19.5 Å². The van der Waals surface area contributed by atoms with E-state index < -0.39 is 11.9 Å². The lowest BCUT2D eigenvalue weighted by Crippen LogP contribution is -2.42. The number of halogens is 1. The van der Waals surface area contributed by atoms with Crippen LogP contribution in [0.15, 0.2) is 54.6 Å². The molecule has 1 fully saturated rings. The molecule has 0 spiro atoms. The number of anilines is 1. The van der Waals surface area contributed by atoms with Gasteiger partial charge in [0.15, 0.2) is 0 Å². The van der Waals surface area contributed by atoms with E-state index in [9.17, 15) is 14.4 Å². The summed E-state index contributed by atoms with van der Waals surface area (Å²) in [6.45, 7) is 0.912. The normalized spacial score (nSPS) is 17.3. The number of carboxylic acid groups (broad SMARTS) is 1. The molecule has 0 unspecified atom stereocenters. The average Bonchev–Trinajstić information content (AvgIpc) is 3.08. The standard InChI is InChI=1S/C26H33N3O4.ClH/c27-22-13-11-20(12-14-22)8-4-10-24(30)28-18-23-16-21(17-25(31)32)26(33)29(23)15-5-9-19-6-2-1-3-7-19;/h1-3,6-7,11-14,21,23H,4-5,8-10,15-18,27H2,(H,28,30)(H,31,32);1H/t21-,23-;/m0./s1. The molecule has 1 heterocycles. The highest BCUT2D eigenvalue weighted by atomic mass is 35.5. The maximum Gasteiger partial charge on any atom is 0.304 e. The van der Waals surface area contributed by atoms with E-state index in [1.54, 1.807) is 4.90 Å². The van der Waals surface area contributed by atoms with Gasteiger partial charge in [0.1, 0.15) is 0 Å². The third-order valence-corrected chi connectivity index (χ3v) is 6.14. The van der Waals surface area contributed by atoms with Gasteiger partial charge in [0.05, 0.1) is 12.3 Å². The molecule has 2 aromatic rings. The molecular weight excluding hydrogens is 454 g/mol. The Bertz CT molecular complexity index is 937. The van der Waals surface area contributed by atoms with Crippen LogP contribution in [0.2, 0.25) is 0 Å². The molecule has 0 aromatic heterocycles.